The summed E-state index contributed by atoms with van der Waals surface area (Å²) in [4.78, 5) is 26.3. The van der Waals surface area contributed by atoms with Crippen molar-refractivity contribution in [1.29, 1.82) is 0 Å². The van der Waals surface area contributed by atoms with Gasteiger partial charge in [-0.3, -0.25) is 19.2 Å². The Morgan fingerprint density at radius 1 is 1.12 bits per heavy atom. The molecular weight excluding hydrogens is 406 g/mol. The molecule has 164 valence electrons. The van der Waals surface area contributed by atoms with Gasteiger partial charge in [-0.25, -0.2) is 4.98 Å². The molecule has 5 rings (SSSR count). The second-order valence-corrected chi connectivity index (χ2v) is 7.73. The van der Waals surface area contributed by atoms with E-state index in [4.69, 9.17) is 9.47 Å². The lowest BCUT2D eigenvalue weighted by molar-refractivity contribution is 0.0358. The Kier molecular flexibility index (Phi) is 5.96. The van der Waals surface area contributed by atoms with Crippen LogP contribution in [-0.2, 0) is 4.74 Å². The maximum absolute atomic E-state index is 12.6. The summed E-state index contributed by atoms with van der Waals surface area (Å²) in [5.41, 5.74) is 3.02. The molecule has 32 heavy (non-hydrogen) atoms. The quantitative estimate of drug-likeness (QED) is 0.453. The van der Waals surface area contributed by atoms with Gasteiger partial charge in [0.15, 0.2) is 5.65 Å². The van der Waals surface area contributed by atoms with E-state index in [0.29, 0.717) is 17.6 Å². The maximum Gasteiger partial charge on any atom is 0.260 e. The van der Waals surface area contributed by atoms with E-state index < -0.39 is 0 Å². The molecular formula is C24H25N5O3. The number of ether oxygens (including phenoxy) is 2. The van der Waals surface area contributed by atoms with Crippen molar-refractivity contribution in [1.82, 2.24) is 24.4 Å². The molecule has 0 radical (unpaired) electrons. The van der Waals surface area contributed by atoms with Gasteiger partial charge in [0.25, 0.3) is 5.56 Å². The number of hydrogen-bond acceptors (Lipinski definition) is 6. The SMILES string of the molecule is O=c1[nH]cnc2c1c(-c1ccc(OCCCN3CCOCC3)cc1)cn2-c1cccnc1. The predicted molar refractivity (Wildman–Crippen MR) is 122 cm³/mol. The third-order valence-electron chi connectivity index (χ3n) is 5.67. The second-order valence-electron chi connectivity index (χ2n) is 7.73. The van der Waals surface area contributed by atoms with Crippen LogP contribution in [0.15, 0.2) is 66.1 Å². The average Bonchev–Trinajstić information content (AvgIpc) is 3.25. The van der Waals surface area contributed by atoms with E-state index >= 15 is 0 Å². The Morgan fingerprint density at radius 2 is 1.97 bits per heavy atom. The minimum Gasteiger partial charge on any atom is -0.494 e. The zero-order chi connectivity index (χ0) is 21.8. The van der Waals surface area contributed by atoms with Crippen LogP contribution in [0, 0.1) is 0 Å². The number of pyridine rings is 1. The number of benzene rings is 1. The van der Waals surface area contributed by atoms with Crippen molar-refractivity contribution in [2.75, 3.05) is 39.5 Å². The first-order valence-electron chi connectivity index (χ1n) is 10.8. The van der Waals surface area contributed by atoms with Gasteiger partial charge in [-0.2, -0.15) is 0 Å². The van der Waals surface area contributed by atoms with E-state index in [1.54, 1.807) is 12.4 Å². The van der Waals surface area contributed by atoms with Gasteiger partial charge in [0, 0.05) is 37.6 Å². The monoisotopic (exact) mass is 431 g/mol. The maximum atomic E-state index is 12.6. The molecule has 0 atom stereocenters. The van der Waals surface area contributed by atoms with Crippen LogP contribution in [0.2, 0.25) is 0 Å². The molecule has 1 aliphatic rings. The molecule has 4 aromatic rings. The Bertz CT molecular complexity index is 1230. The van der Waals surface area contributed by atoms with Crippen molar-refractivity contribution in [3.63, 3.8) is 0 Å². The first kappa shape index (κ1) is 20.4. The Morgan fingerprint density at radius 3 is 2.75 bits per heavy atom. The number of aromatic amines is 1. The lowest BCUT2D eigenvalue weighted by Gasteiger charge is -2.26. The van der Waals surface area contributed by atoms with Gasteiger partial charge in [-0.05, 0) is 36.2 Å². The number of nitrogens with zero attached hydrogens (tertiary/aromatic N) is 4. The first-order chi connectivity index (χ1) is 15.8. The van der Waals surface area contributed by atoms with Crippen LogP contribution in [-0.4, -0.2) is 63.9 Å². The minimum absolute atomic E-state index is 0.170. The summed E-state index contributed by atoms with van der Waals surface area (Å²) < 4.78 is 13.2. The highest BCUT2D eigenvalue weighted by Crippen LogP contribution is 2.30. The Labute approximate surface area is 185 Å². The lowest BCUT2D eigenvalue weighted by Crippen LogP contribution is -2.37. The third-order valence-corrected chi connectivity index (χ3v) is 5.67. The molecule has 0 unspecified atom stereocenters. The topological polar surface area (TPSA) is 85.3 Å². The third kappa shape index (κ3) is 4.28. The van der Waals surface area contributed by atoms with E-state index in [9.17, 15) is 4.79 Å². The van der Waals surface area contributed by atoms with Gasteiger partial charge in [-0.15, -0.1) is 0 Å². The highest BCUT2D eigenvalue weighted by atomic mass is 16.5. The van der Waals surface area contributed by atoms with Gasteiger partial charge in [0.1, 0.15) is 5.75 Å². The number of H-pyrrole nitrogens is 1. The zero-order valence-corrected chi connectivity index (χ0v) is 17.7. The normalized spacial score (nSPS) is 14.6. The minimum atomic E-state index is -0.170. The fourth-order valence-electron chi connectivity index (χ4n) is 4.02. The lowest BCUT2D eigenvalue weighted by atomic mass is 10.1. The van der Waals surface area contributed by atoms with Gasteiger partial charge in [0.2, 0.25) is 0 Å². The summed E-state index contributed by atoms with van der Waals surface area (Å²) in [5, 5.41) is 0.551. The van der Waals surface area contributed by atoms with E-state index in [1.807, 2.05) is 47.2 Å². The smallest absolute Gasteiger partial charge is 0.260 e. The van der Waals surface area contributed by atoms with Crippen LogP contribution in [0.1, 0.15) is 6.42 Å². The van der Waals surface area contributed by atoms with Gasteiger partial charge in [0.05, 0.1) is 43.4 Å². The number of morpholine rings is 1. The summed E-state index contributed by atoms with van der Waals surface area (Å²) in [7, 11) is 0. The molecule has 0 bridgehead atoms. The fourth-order valence-corrected chi connectivity index (χ4v) is 4.02. The number of aromatic nitrogens is 4. The predicted octanol–water partition coefficient (Wildman–Crippen LogP) is 2.88. The van der Waals surface area contributed by atoms with Gasteiger partial charge < -0.3 is 14.5 Å². The molecule has 4 heterocycles. The fraction of sp³-hybridized carbons (Fsp3) is 0.292. The average molecular weight is 431 g/mol. The Hall–Kier alpha value is -3.49. The highest BCUT2D eigenvalue weighted by Gasteiger charge is 2.16. The molecule has 0 saturated carbocycles. The molecule has 1 saturated heterocycles. The highest BCUT2D eigenvalue weighted by molar-refractivity contribution is 5.94. The first-order valence-corrected chi connectivity index (χ1v) is 10.8. The molecule has 1 aromatic carbocycles. The molecule has 0 amide bonds. The standard InChI is InChI=1S/C24H25N5O3/c30-24-22-21(16-29(23(22)26-17-27-24)19-3-1-8-25-15-19)18-4-6-20(7-5-18)32-12-2-9-28-10-13-31-14-11-28/h1,3-8,15-17H,2,9-14H2,(H,26,27,30). The number of nitrogens with one attached hydrogen (secondary N) is 1. The number of hydrogen-bond donors (Lipinski definition) is 1. The summed E-state index contributed by atoms with van der Waals surface area (Å²) in [6, 6.07) is 11.6. The zero-order valence-electron chi connectivity index (χ0n) is 17.7. The molecule has 1 fully saturated rings. The molecule has 0 aliphatic carbocycles. The van der Waals surface area contributed by atoms with Crippen molar-refractivity contribution >= 4 is 11.0 Å². The van der Waals surface area contributed by atoms with E-state index in [-0.39, 0.29) is 5.56 Å². The molecule has 0 spiro atoms. The largest absolute Gasteiger partial charge is 0.494 e. The molecule has 1 N–H and O–H groups in total. The van der Waals surface area contributed by atoms with Crippen molar-refractivity contribution in [3.05, 3.63) is 71.7 Å². The summed E-state index contributed by atoms with van der Waals surface area (Å²) in [6.07, 6.45) is 7.80. The Balaban J connectivity index is 1.34. The van der Waals surface area contributed by atoms with Crippen LogP contribution in [0.3, 0.4) is 0 Å². The van der Waals surface area contributed by atoms with E-state index in [0.717, 1.165) is 61.8 Å². The second kappa shape index (κ2) is 9.33. The number of rotatable bonds is 7. The van der Waals surface area contributed by atoms with Crippen molar-refractivity contribution in [3.8, 4) is 22.6 Å². The van der Waals surface area contributed by atoms with Crippen LogP contribution in [0.5, 0.6) is 5.75 Å². The van der Waals surface area contributed by atoms with Crippen LogP contribution in [0.4, 0.5) is 0 Å². The molecule has 8 heteroatoms. The van der Waals surface area contributed by atoms with Crippen LogP contribution < -0.4 is 10.3 Å². The summed E-state index contributed by atoms with van der Waals surface area (Å²) in [6.45, 7) is 5.31. The summed E-state index contributed by atoms with van der Waals surface area (Å²) >= 11 is 0. The van der Waals surface area contributed by atoms with Crippen molar-refractivity contribution in [2.45, 2.75) is 6.42 Å². The van der Waals surface area contributed by atoms with Crippen LogP contribution in [0.25, 0.3) is 27.8 Å². The van der Waals surface area contributed by atoms with E-state index in [1.165, 1.54) is 6.33 Å². The van der Waals surface area contributed by atoms with Crippen molar-refractivity contribution in [2.24, 2.45) is 0 Å². The molecule has 8 nitrogen and oxygen atoms in total. The summed E-state index contributed by atoms with van der Waals surface area (Å²) in [5.74, 6) is 0.818. The van der Waals surface area contributed by atoms with Gasteiger partial charge >= 0.3 is 0 Å². The van der Waals surface area contributed by atoms with Crippen molar-refractivity contribution < 1.29 is 9.47 Å². The van der Waals surface area contributed by atoms with Crippen LogP contribution >= 0.6 is 0 Å². The van der Waals surface area contributed by atoms with E-state index in [2.05, 4.69) is 19.9 Å². The molecule has 3 aromatic heterocycles. The molecule has 1 aliphatic heterocycles. The van der Waals surface area contributed by atoms with Gasteiger partial charge in [-0.1, -0.05) is 12.1 Å². The number of fused-ring (bicyclic) bond motifs is 1.